The molecule has 1 aliphatic rings. The molecule has 0 spiro atoms. The predicted molar refractivity (Wildman–Crippen MR) is 43.1 cm³/mol. The van der Waals surface area contributed by atoms with Crippen LogP contribution in [0.5, 0.6) is 0 Å². The van der Waals surface area contributed by atoms with Gasteiger partial charge >= 0.3 is 0 Å². The van der Waals surface area contributed by atoms with Crippen LogP contribution in [0.3, 0.4) is 0 Å². The fourth-order valence-electron chi connectivity index (χ4n) is 1.38. The SMILES string of the molecule is C[C@H]1CCCN(S(N)(=O)=O)C1. The van der Waals surface area contributed by atoms with Gasteiger partial charge in [0.2, 0.25) is 0 Å². The zero-order valence-corrected chi connectivity index (χ0v) is 7.47. The zero-order chi connectivity index (χ0) is 8.48. The molecule has 4 nitrogen and oxygen atoms in total. The van der Waals surface area contributed by atoms with E-state index in [0.29, 0.717) is 19.0 Å². The minimum atomic E-state index is -3.43. The minimum absolute atomic E-state index is 0.446. The average Bonchev–Trinajstić information content (AvgIpc) is 1.86. The summed E-state index contributed by atoms with van der Waals surface area (Å²) in [5, 5.41) is 4.97. The number of nitrogens with zero attached hydrogens (tertiary/aromatic N) is 1. The molecule has 2 N–H and O–H groups in total. The monoisotopic (exact) mass is 178 g/mol. The van der Waals surface area contributed by atoms with Gasteiger partial charge in [0, 0.05) is 13.1 Å². The number of hydrogen-bond donors (Lipinski definition) is 1. The Morgan fingerprint density at radius 3 is 2.55 bits per heavy atom. The van der Waals surface area contributed by atoms with Crippen molar-refractivity contribution in [1.82, 2.24) is 4.31 Å². The lowest BCUT2D eigenvalue weighted by Crippen LogP contribution is -2.42. The third-order valence-corrected chi connectivity index (χ3v) is 3.03. The summed E-state index contributed by atoms with van der Waals surface area (Å²) in [7, 11) is -3.43. The molecule has 0 radical (unpaired) electrons. The lowest BCUT2D eigenvalue weighted by atomic mass is 10.0. The molecule has 0 unspecified atom stereocenters. The first kappa shape index (κ1) is 8.96. The summed E-state index contributed by atoms with van der Waals surface area (Å²) in [5.41, 5.74) is 0. The summed E-state index contributed by atoms with van der Waals surface area (Å²) in [4.78, 5) is 0. The van der Waals surface area contributed by atoms with E-state index in [4.69, 9.17) is 5.14 Å². The quantitative estimate of drug-likeness (QED) is 0.610. The van der Waals surface area contributed by atoms with Crippen molar-refractivity contribution in [1.29, 1.82) is 0 Å². The van der Waals surface area contributed by atoms with Crippen molar-refractivity contribution < 1.29 is 8.42 Å². The molecule has 0 amide bonds. The van der Waals surface area contributed by atoms with E-state index in [9.17, 15) is 8.42 Å². The third-order valence-electron chi connectivity index (χ3n) is 1.98. The molecule has 1 fully saturated rings. The topological polar surface area (TPSA) is 63.4 Å². The van der Waals surface area contributed by atoms with Gasteiger partial charge in [-0.05, 0) is 18.8 Å². The second kappa shape index (κ2) is 3.08. The van der Waals surface area contributed by atoms with Crippen LogP contribution < -0.4 is 5.14 Å². The maximum atomic E-state index is 10.8. The van der Waals surface area contributed by atoms with E-state index in [-0.39, 0.29) is 0 Å². The first-order chi connectivity index (χ1) is 5.00. The summed E-state index contributed by atoms with van der Waals surface area (Å²) in [5.74, 6) is 0.446. The highest BCUT2D eigenvalue weighted by Gasteiger charge is 2.23. The van der Waals surface area contributed by atoms with E-state index >= 15 is 0 Å². The Kier molecular flexibility index (Phi) is 2.51. The van der Waals surface area contributed by atoms with Gasteiger partial charge in [0.1, 0.15) is 0 Å². The highest BCUT2D eigenvalue weighted by atomic mass is 32.2. The summed E-state index contributed by atoms with van der Waals surface area (Å²) >= 11 is 0. The highest BCUT2D eigenvalue weighted by molar-refractivity contribution is 7.86. The van der Waals surface area contributed by atoms with E-state index in [2.05, 4.69) is 0 Å². The van der Waals surface area contributed by atoms with E-state index in [0.717, 1.165) is 12.8 Å². The van der Waals surface area contributed by atoms with Crippen LogP contribution in [0.25, 0.3) is 0 Å². The number of hydrogen-bond acceptors (Lipinski definition) is 2. The standard InChI is InChI=1S/C6H14N2O2S/c1-6-3-2-4-8(5-6)11(7,9)10/h6H,2-5H2,1H3,(H2,7,9,10)/t6-/m0/s1. The van der Waals surface area contributed by atoms with Gasteiger partial charge < -0.3 is 0 Å². The molecule has 0 aromatic heterocycles. The Balaban J connectivity index is 2.60. The Hall–Kier alpha value is -0.130. The molecule has 0 bridgehead atoms. The van der Waals surface area contributed by atoms with Crippen molar-refractivity contribution in [2.45, 2.75) is 19.8 Å². The van der Waals surface area contributed by atoms with Crippen LogP contribution in [0, 0.1) is 5.92 Å². The normalized spacial score (nSPS) is 28.7. The van der Waals surface area contributed by atoms with Gasteiger partial charge in [0.15, 0.2) is 0 Å². The highest BCUT2D eigenvalue weighted by Crippen LogP contribution is 2.16. The smallest absolute Gasteiger partial charge is 0.216 e. The molecule has 1 aliphatic heterocycles. The molecule has 0 aromatic rings. The van der Waals surface area contributed by atoms with Gasteiger partial charge in [-0.3, -0.25) is 0 Å². The maximum absolute atomic E-state index is 10.8. The summed E-state index contributed by atoms with van der Waals surface area (Å²) in [6.07, 6.45) is 2.03. The lowest BCUT2D eigenvalue weighted by Gasteiger charge is -2.27. The molecular formula is C6H14N2O2S. The molecule has 66 valence electrons. The molecule has 0 aromatic carbocycles. The van der Waals surface area contributed by atoms with Crippen molar-refractivity contribution in [3.63, 3.8) is 0 Å². The van der Waals surface area contributed by atoms with Crippen molar-refractivity contribution in [2.24, 2.45) is 11.1 Å². The second-order valence-corrected chi connectivity index (χ2v) is 4.70. The van der Waals surface area contributed by atoms with Gasteiger partial charge in [-0.25, -0.2) is 5.14 Å². The summed E-state index contributed by atoms with van der Waals surface area (Å²) < 4.78 is 23.0. The van der Waals surface area contributed by atoms with Gasteiger partial charge in [-0.1, -0.05) is 6.92 Å². The summed E-state index contributed by atoms with van der Waals surface area (Å²) in [6, 6.07) is 0. The Morgan fingerprint density at radius 1 is 1.55 bits per heavy atom. The van der Waals surface area contributed by atoms with Crippen LogP contribution in [0.2, 0.25) is 0 Å². The molecule has 1 atom stereocenters. The fraction of sp³-hybridized carbons (Fsp3) is 1.00. The molecule has 1 rings (SSSR count). The average molecular weight is 178 g/mol. The molecular weight excluding hydrogens is 164 g/mol. The van der Waals surface area contributed by atoms with Gasteiger partial charge in [0.25, 0.3) is 10.2 Å². The number of nitrogens with two attached hydrogens (primary N) is 1. The van der Waals surface area contributed by atoms with Crippen LogP contribution in [-0.4, -0.2) is 25.8 Å². The maximum Gasteiger partial charge on any atom is 0.276 e. The number of piperidine rings is 1. The van der Waals surface area contributed by atoms with Crippen molar-refractivity contribution >= 4 is 10.2 Å². The van der Waals surface area contributed by atoms with Gasteiger partial charge in [-0.2, -0.15) is 12.7 Å². The molecule has 5 heteroatoms. The Bertz CT molecular complexity index is 225. The fourth-order valence-corrected chi connectivity index (χ4v) is 2.22. The van der Waals surface area contributed by atoms with E-state index in [1.54, 1.807) is 0 Å². The van der Waals surface area contributed by atoms with Crippen LogP contribution in [0.4, 0.5) is 0 Å². The van der Waals surface area contributed by atoms with Crippen LogP contribution in [-0.2, 0) is 10.2 Å². The molecule has 0 saturated carbocycles. The lowest BCUT2D eigenvalue weighted by molar-refractivity contribution is 0.281. The third kappa shape index (κ3) is 2.43. The van der Waals surface area contributed by atoms with E-state index in [1.165, 1.54) is 4.31 Å². The van der Waals surface area contributed by atoms with Gasteiger partial charge in [0.05, 0.1) is 0 Å². The van der Waals surface area contributed by atoms with Crippen LogP contribution >= 0.6 is 0 Å². The van der Waals surface area contributed by atoms with Crippen LogP contribution in [0.1, 0.15) is 19.8 Å². The Labute approximate surface area is 67.6 Å². The summed E-state index contributed by atoms with van der Waals surface area (Å²) in [6.45, 7) is 3.21. The zero-order valence-electron chi connectivity index (χ0n) is 6.66. The van der Waals surface area contributed by atoms with E-state index in [1.807, 2.05) is 6.92 Å². The molecule has 1 saturated heterocycles. The van der Waals surface area contributed by atoms with Crippen LogP contribution in [0.15, 0.2) is 0 Å². The van der Waals surface area contributed by atoms with E-state index < -0.39 is 10.2 Å². The Morgan fingerprint density at radius 2 is 2.18 bits per heavy atom. The minimum Gasteiger partial charge on any atom is -0.216 e. The predicted octanol–water partition coefficient (Wildman–Crippen LogP) is -0.0782. The largest absolute Gasteiger partial charge is 0.276 e. The van der Waals surface area contributed by atoms with Crippen molar-refractivity contribution in [3.8, 4) is 0 Å². The first-order valence-electron chi connectivity index (χ1n) is 3.78. The second-order valence-electron chi connectivity index (χ2n) is 3.15. The molecule has 0 aliphatic carbocycles. The van der Waals surface area contributed by atoms with Crippen molar-refractivity contribution in [3.05, 3.63) is 0 Å². The first-order valence-corrected chi connectivity index (χ1v) is 5.28. The molecule has 11 heavy (non-hydrogen) atoms. The van der Waals surface area contributed by atoms with Crippen molar-refractivity contribution in [2.75, 3.05) is 13.1 Å². The molecule has 1 heterocycles. The number of rotatable bonds is 1. The van der Waals surface area contributed by atoms with Gasteiger partial charge in [-0.15, -0.1) is 0 Å².